The van der Waals surface area contributed by atoms with Gasteiger partial charge in [-0.2, -0.15) is 0 Å². The van der Waals surface area contributed by atoms with E-state index in [0.29, 0.717) is 35.4 Å². The normalized spacial score (nSPS) is 10.5. The Kier molecular flexibility index (Phi) is 8.35. The Balaban J connectivity index is 2.16. The van der Waals surface area contributed by atoms with Gasteiger partial charge in [-0.05, 0) is 25.8 Å². The number of carbonyl (C=O) groups excluding carboxylic acids is 2. The molecular weight excluding hydrogens is 327 g/mol. The number of aromatic nitrogens is 1. The van der Waals surface area contributed by atoms with E-state index in [1.54, 1.807) is 24.6 Å². The van der Waals surface area contributed by atoms with Crippen LogP contribution in [0.25, 0.3) is 0 Å². The fraction of sp³-hybridized carbons (Fsp3) is 0.600. The maximum absolute atomic E-state index is 12.0. The molecule has 0 aromatic carbocycles. The third-order valence-electron chi connectivity index (χ3n) is 3.25. The Morgan fingerprint density at radius 1 is 1.23 bits per heavy atom. The van der Waals surface area contributed by atoms with E-state index in [2.05, 4.69) is 5.32 Å². The van der Waals surface area contributed by atoms with Crippen LogP contribution in [-0.2, 0) is 16.6 Å². The van der Waals surface area contributed by atoms with E-state index in [-0.39, 0.29) is 11.9 Å². The van der Waals surface area contributed by atoms with E-state index in [1.165, 1.54) is 0 Å². The van der Waals surface area contributed by atoms with Crippen molar-refractivity contribution in [1.29, 1.82) is 0 Å². The van der Waals surface area contributed by atoms with Crippen LogP contribution < -0.4 is 5.32 Å². The number of rotatable bonds is 9. The summed E-state index contributed by atoms with van der Waals surface area (Å²) in [5.74, 6) is -0.337. The number of ether oxygens (including phenoxy) is 1. The first-order valence-corrected chi connectivity index (χ1v) is 8.17. The summed E-state index contributed by atoms with van der Waals surface area (Å²) < 4.78 is 6.41. The molecule has 0 unspecified atom stereocenters. The van der Waals surface area contributed by atoms with Crippen molar-refractivity contribution < 1.29 is 14.3 Å². The van der Waals surface area contributed by atoms with Crippen molar-refractivity contribution in [2.24, 2.45) is 7.05 Å². The Bertz CT molecular complexity index is 515. The van der Waals surface area contributed by atoms with Gasteiger partial charge >= 0.3 is 5.97 Å². The van der Waals surface area contributed by atoms with Crippen LogP contribution in [0.4, 0.5) is 0 Å². The molecule has 7 heteroatoms. The minimum atomic E-state index is -0.192. The van der Waals surface area contributed by atoms with E-state index in [9.17, 15) is 9.59 Å². The third-order valence-corrected chi connectivity index (χ3v) is 4.09. The maximum atomic E-state index is 12.0. The number of amides is 1. The summed E-state index contributed by atoms with van der Waals surface area (Å²) in [5, 5.41) is 3.55. The molecule has 1 aromatic heterocycles. The monoisotopic (exact) mass is 348 g/mol. The fourth-order valence-corrected chi connectivity index (χ4v) is 2.41. The predicted octanol–water partition coefficient (Wildman–Crippen LogP) is 3.58. The topological polar surface area (TPSA) is 60.3 Å². The predicted molar refractivity (Wildman–Crippen MR) is 87.5 cm³/mol. The van der Waals surface area contributed by atoms with Gasteiger partial charge in [0.05, 0.1) is 11.6 Å². The molecule has 124 valence electrons. The molecule has 0 bridgehead atoms. The SMILES string of the molecule is CCOC(=O)CCCCCCNC(=O)c1cc(Cl)c(Cl)n1C. The van der Waals surface area contributed by atoms with E-state index in [1.807, 2.05) is 0 Å². The molecule has 1 amide bonds. The van der Waals surface area contributed by atoms with Gasteiger partial charge in [0.2, 0.25) is 0 Å². The first-order valence-electron chi connectivity index (χ1n) is 7.42. The molecule has 0 saturated heterocycles. The first-order chi connectivity index (χ1) is 10.5. The molecule has 0 fully saturated rings. The highest BCUT2D eigenvalue weighted by molar-refractivity contribution is 6.41. The molecule has 1 rings (SSSR count). The van der Waals surface area contributed by atoms with Gasteiger partial charge in [-0.3, -0.25) is 9.59 Å². The smallest absolute Gasteiger partial charge is 0.305 e. The van der Waals surface area contributed by atoms with Crippen molar-refractivity contribution in [2.45, 2.75) is 39.0 Å². The highest BCUT2D eigenvalue weighted by Crippen LogP contribution is 2.24. The zero-order valence-electron chi connectivity index (χ0n) is 13.0. The molecule has 0 atom stereocenters. The second-order valence-corrected chi connectivity index (χ2v) is 5.72. The number of unbranched alkanes of at least 4 members (excludes halogenated alkanes) is 3. The van der Waals surface area contributed by atoms with Crippen LogP contribution in [-0.4, -0.2) is 29.6 Å². The number of hydrogen-bond donors (Lipinski definition) is 1. The lowest BCUT2D eigenvalue weighted by molar-refractivity contribution is -0.143. The third kappa shape index (κ3) is 5.89. The van der Waals surface area contributed by atoms with Gasteiger partial charge in [-0.25, -0.2) is 0 Å². The van der Waals surface area contributed by atoms with E-state index in [4.69, 9.17) is 27.9 Å². The summed E-state index contributed by atoms with van der Waals surface area (Å²) in [7, 11) is 1.69. The Morgan fingerprint density at radius 3 is 2.50 bits per heavy atom. The summed E-state index contributed by atoms with van der Waals surface area (Å²) in [5.41, 5.74) is 0.442. The largest absolute Gasteiger partial charge is 0.466 e. The van der Waals surface area contributed by atoms with Crippen LogP contribution in [0.5, 0.6) is 0 Å². The van der Waals surface area contributed by atoms with Crippen molar-refractivity contribution in [2.75, 3.05) is 13.2 Å². The van der Waals surface area contributed by atoms with Gasteiger partial charge in [0.1, 0.15) is 10.8 Å². The molecule has 0 radical (unpaired) electrons. The van der Waals surface area contributed by atoms with E-state index in [0.717, 1.165) is 25.7 Å². The van der Waals surface area contributed by atoms with Gasteiger partial charge < -0.3 is 14.6 Å². The highest BCUT2D eigenvalue weighted by atomic mass is 35.5. The Morgan fingerprint density at radius 2 is 1.91 bits per heavy atom. The lowest BCUT2D eigenvalue weighted by Gasteiger charge is -2.06. The zero-order valence-corrected chi connectivity index (χ0v) is 14.5. The zero-order chi connectivity index (χ0) is 16.5. The molecule has 5 nitrogen and oxygen atoms in total. The summed E-state index contributed by atoms with van der Waals surface area (Å²) in [4.78, 5) is 23.1. The molecular formula is C15H22Cl2N2O3. The minimum absolute atomic E-state index is 0.145. The highest BCUT2D eigenvalue weighted by Gasteiger charge is 2.14. The summed E-state index contributed by atoms with van der Waals surface area (Å²) in [6, 6.07) is 1.55. The molecule has 1 heterocycles. The van der Waals surface area contributed by atoms with Crippen LogP contribution in [0.1, 0.15) is 49.5 Å². The molecule has 0 aliphatic heterocycles. The van der Waals surface area contributed by atoms with Crippen LogP contribution in [0.15, 0.2) is 6.07 Å². The number of hydrogen-bond acceptors (Lipinski definition) is 3. The fourth-order valence-electron chi connectivity index (χ4n) is 2.03. The molecule has 0 aliphatic rings. The standard InChI is InChI=1S/C15H22Cl2N2O3/c1-3-22-13(20)8-6-4-5-7-9-18-15(21)12-10-11(16)14(17)19(12)2/h10H,3-9H2,1-2H3,(H,18,21). The minimum Gasteiger partial charge on any atom is -0.466 e. The van der Waals surface area contributed by atoms with Crippen molar-refractivity contribution in [1.82, 2.24) is 9.88 Å². The number of esters is 1. The maximum Gasteiger partial charge on any atom is 0.305 e. The van der Waals surface area contributed by atoms with Crippen molar-refractivity contribution in [3.05, 3.63) is 21.9 Å². The van der Waals surface area contributed by atoms with Gasteiger partial charge in [-0.1, -0.05) is 36.0 Å². The molecule has 1 N–H and O–H groups in total. The van der Waals surface area contributed by atoms with Gasteiger partial charge in [0.25, 0.3) is 5.91 Å². The summed E-state index contributed by atoms with van der Waals surface area (Å²) in [6.45, 7) is 2.81. The number of nitrogens with one attached hydrogen (secondary N) is 1. The lowest BCUT2D eigenvalue weighted by Crippen LogP contribution is -2.26. The summed E-state index contributed by atoms with van der Waals surface area (Å²) >= 11 is 11.8. The van der Waals surface area contributed by atoms with E-state index < -0.39 is 0 Å². The van der Waals surface area contributed by atoms with Gasteiger partial charge in [0.15, 0.2) is 0 Å². The molecule has 0 saturated carbocycles. The van der Waals surface area contributed by atoms with Crippen LogP contribution in [0, 0.1) is 0 Å². The van der Waals surface area contributed by atoms with Gasteiger partial charge in [-0.15, -0.1) is 0 Å². The van der Waals surface area contributed by atoms with Crippen LogP contribution >= 0.6 is 23.2 Å². The average Bonchev–Trinajstić information content (AvgIpc) is 2.74. The van der Waals surface area contributed by atoms with Crippen molar-refractivity contribution in [3.8, 4) is 0 Å². The molecule has 22 heavy (non-hydrogen) atoms. The Labute approximate surface area is 140 Å². The van der Waals surface area contributed by atoms with Crippen molar-refractivity contribution >= 4 is 35.1 Å². The van der Waals surface area contributed by atoms with Crippen LogP contribution in [0.2, 0.25) is 10.2 Å². The first kappa shape index (κ1) is 18.8. The molecule has 0 aliphatic carbocycles. The van der Waals surface area contributed by atoms with Crippen molar-refractivity contribution in [3.63, 3.8) is 0 Å². The number of nitrogens with zero attached hydrogens (tertiary/aromatic N) is 1. The molecule has 1 aromatic rings. The van der Waals surface area contributed by atoms with E-state index >= 15 is 0 Å². The molecule has 0 spiro atoms. The average molecular weight is 349 g/mol. The second kappa shape index (κ2) is 9.74. The quantitative estimate of drug-likeness (QED) is 0.548. The summed E-state index contributed by atoms with van der Waals surface area (Å²) in [6.07, 6.45) is 4.03. The number of carbonyl (C=O) groups is 2. The van der Waals surface area contributed by atoms with Gasteiger partial charge in [0, 0.05) is 20.0 Å². The van der Waals surface area contributed by atoms with Crippen LogP contribution in [0.3, 0.4) is 0 Å². The Hall–Kier alpha value is -1.20. The second-order valence-electron chi connectivity index (χ2n) is 4.95. The number of halogens is 2. The lowest BCUT2D eigenvalue weighted by atomic mass is 10.1.